The first-order valence-electron chi connectivity index (χ1n) is 20.8. The number of hydrogen-bond donors (Lipinski definition) is 0. The van der Waals surface area contributed by atoms with Crippen molar-refractivity contribution >= 4 is 43.1 Å². The van der Waals surface area contributed by atoms with Crippen LogP contribution in [-0.2, 0) is 0 Å². The third-order valence-electron chi connectivity index (χ3n) is 11.7. The summed E-state index contributed by atoms with van der Waals surface area (Å²) in [5, 5.41) is 5.96. The summed E-state index contributed by atoms with van der Waals surface area (Å²) in [6, 6.07) is 74.6. The molecule has 2 aromatic heterocycles. The van der Waals surface area contributed by atoms with Crippen LogP contribution in [0.2, 0.25) is 0 Å². The minimum atomic E-state index is 0.954. The number of benzene rings is 9. The van der Waals surface area contributed by atoms with Gasteiger partial charge in [-0.25, -0.2) is 9.97 Å². The molecule has 0 saturated carbocycles. The highest BCUT2D eigenvalue weighted by Crippen LogP contribution is 2.44. The van der Waals surface area contributed by atoms with Crippen LogP contribution >= 0.6 is 11.3 Å². The molecular weight excluding hydrogens is 757 g/mol. The first-order valence-corrected chi connectivity index (χ1v) is 21.6. The van der Waals surface area contributed by atoms with E-state index in [0.29, 0.717) is 0 Å². The van der Waals surface area contributed by atoms with Crippen molar-refractivity contribution < 1.29 is 0 Å². The maximum atomic E-state index is 5.27. The summed E-state index contributed by atoms with van der Waals surface area (Å²) in [7, 11) is 0. The summed E-state index contributed by atoms with van der Waals surface area (Å²) in [5.74, 6) is 0. The van der Waals surface area contributed by atoms with Crippen molar-refractivity contribution in [2.45, 2.75) is 13.8 Å². The molecule has 0 radical (unpaired) electrons. The van der Waals surface area contributed by atoms with Gasteiger partial charge < -0.3 is 0 Å². The van der Waals surface area contributed by atoms with Gasteiger partial charge in [0.2, 0.25) is 0 Å². The van der Waals surface area contributed by atoms with Crippen LogP contribution in [0.3, 0.4) is 0 Å². The zero-order valence-electron chi connectivity index (χ0n) is 33.9. The first-order chi connectivity index (χ1) is 30.0. The summed E-state index contributed by atoms with van der Waals surface area (Å²) in [4.78, 5) is 10.4. The predicted molar refractivity (Wildman–Crippen MR) is 260 cm³/mol. The fraction of sp³-hybridized carbons (Fsp3) is 0.0345. The molecule has 0 amide bonds. The van der Waals surface area contributed by atoms with E-state index in [1.807, 2.05) is 0 Å². The second-order valence-corrected chi connectivity index (χ2v) is 16.9. The molecule has 11 rings (SSSR count). The second kappa shape index (κ2) is 15.3. The van der Waals surface area contributed by atoms with Crippen LogP contribution < -0.4 is 0 Å². The zero-order chi connectivity index (χ0) is 40.9. The number of thiazole rings is 1. The van der Waals surface area contributed by atoms with Gasteiger partial charge >= 0.3 is 0 Å². The Morgan fingerprint density at radius 2 is 0.902 bits per heavy atom. The molecule has 3 heteroatoms. The lowest BCUT2D eigenvalue weighted by Crippen LogP contribution is -1.92. The van der Waals surface area contributed by atoms with E-state index in [1.165, 1.54) is 70.8 Å². The molecule has 0 N–H and O–H groups in total. The van der Waals surface area contributed by atoms with E-state index in [2.05, 4.69) is 220 Å². The molecule has 0 unspecified atom stereocenters. The van der Waals surface area contributed by atoms with E-state index in [9.17, 15) is 0 Å². The number of fused-ring (bicyclic) bond motifs is 4. The Morgan fingerprint density at radius 1 is 0.344 bits per heavy atom. The lowest BCUT2D eigenvalue weighted by Gasteiger charge is -2.17. The molecule has 2 nitrogen and oxygen atoms in total. The van der Waals surface area contributed by atoms with Crippen molar-refractivity contribution in [1.82, 2.24) is 9.97 Å². The summed E-state index contributed by atoms with van der Waals surface area (Å²) < 4.78 is 1.22. The van der Waals surface area contributed by atoms with E-state index in [-0.39, 0.29) is 0 Å². The molecule has 9 aromatic carbocycles. The molecule has 0 bridgehead atoms. The van der Waals surface area contributed by atoms with Gasteiger partial charge in [-0.2, -0.15) is 0 Å². The topological polar surface area (TPSA) is 25.8 Å². The quantitative estimate of drug-likeness (QED) is 0.161. The van der Waals surface area contributed by atoms with E-state index in [1.54, 1.807) is 11.3 Å². The Bertz CT molecular complexity index is 3360. The van der Waals surface area contributed by atoms with Crippen LogP contribution in [0.5, 0.6) is 0 Å². The highest BCUT2D eigenvalue weighted by atomic mass is 32.1. The number of aryl methyl sites for hydroxylation is 2. The minimum Gasteiger partial charge on any atom is -0.248 e. The number of pyridine rings is 1. The second-order valence-electron chi connectivity index (χ2n) is 15.9. The first kappa shape index (κ1) is 36.6. The summed E-state index contributed by atoms with van der Waals surface area (Å²) in [6.45, 7) is 4.32. The van der Waals surface area contributed by atoms with E-state index in [4.69, 9.17) is 9.97 Å². The van der Waals surface area contributed by atoms with Gasteiger partial charge in [-0.3, -0.25) is 0 Å². The number of aromatic nitrogens is 2. The number of hydrogen-bond acceptors (Lipinski definition) is 3. The Morgan fingerprint density at radius 3 is 1.61 bits per heavy atom. The molecule has 288 valence electrons. The Kier molecular flexibility index (Phi) is 9.18. The highest BCUT2D eigenvalue weighted by molar-refractivity contribution is 7.22. The Hall–Kier alpha value is -7.46. The van der Waals surface area contributed by atoms with Crippen molar-refractivity contribution in [2.75, 3.05) is 0 Å². The molecule has 0 fully saturated rings. The largest absolute Gasteiger partial charge is 0.248 e. The van der Waals surface area contributed by atoms with Crippen LogP contribution in [0.4, 0.5) is 0 Å². The smallest absolute Gasteiger partial charge is 0.124 e. The lowest BCUT2D eigenvalue weighted by molar-refractivity contribution is 1.32. The zero-order valence-corrected chi connectivity index (χ0v) is 34.7. The van der Waals surface area contributed by atoms with Gasteiger partial charge in [0.15, 0.2) is 0 Å². The molecule has 2 heterocycles. The number of rotatable bonds is 7. The van der Waals surface area contributed by atoms with Gasteiger partial charge in [-0.1, -0.05) is 175 Å². The molecule has 0 aliphatic heterocycles. The van der Waals surface area contributed by atoms with Crippen molar-refractivity contribution in [3.63, 3.8) is 0 Å². The Labute approximate surface area is 360 Å². The van der Waals surface area contributed by atoms with Gasteiger partial charge in [-0.15, -0.1) is 11.3 Å². The minimum absolute atomic E-state index is 0.954. The van der Waals surface area contributed by atoms with Crippen molar-refractivity contribution in [3.05, 3.63) is 217 Å². The average molecular weight is 797 g/mol. The van der Waals surface area contributed by atoms with Gasteiger partial charge in [0.25, 0.3) is 0 Å². The summed E-state index contributed by atoms with van der Waals surface area (Å²) in [5.41, 5.74) is 18.2. The van der Waals surface area contributed by atoms with Crippen LogP contribution in [0, 0.1) is 13.8 Å². The third-order valence-corrected chi connectivity index (χ3v) is 12.9. The van der Waals surface area contributed by atoms with Crippen LogP contribution in [0.1, 0.15) is 11.1 Å². The highest BCUT2D eigenvalue weighted by Gasteiger charge is 2.18. The molecule has 61 heavy (non-hydrogen) atoms. The Balaban J connectivity index is 1.06. The molecule has 11 aromatic rings. The monoisotopic (exact) mass is 796 g/mol. The fourth-order valence-electron chi connectivity index (χ4n) is 8.96. The van der Waals surface area contributed by atoms with Crippen molar-refractivity contribution in [1.29, 1.82) is 0 Å². The predicted octanol–water partition coefficient (Wildman–Crippen LogP) is 16.3. The van der Waals surface area contributed by atoms with E-state index < -0.39 is 0 Å². The van der Waals surface area contributed by atoms with E-state index >= 15 is 0 Å². The fourth-order valence-corrected chi connectivity index (χ4v) is 10.0. The number of nitrogens with zero attached hydrogens (tertiary/aromatic N) is 2. The van der Waals surface area contributed by atoms with Crippen molar-refractivity contribution in [3.8, 4) is 77.6 Å². The normalized spacial score (nSPS) is 11.4. The summed E-state index contributed by atoms with van der Waals surface area (Å²) in [6.07, 6.45) is 0. The van der Waals surface area contributed by atoms with Crippen LogP contribution in [0.25, 0.3) is 109 Å². The maximum Gasteiger partial charge on any atom is 0.124 e. The van der Waals surface area contributed by atoms with Crippen molar-refractivity contribution in [2.24, 2.45) is 0 Å². The molecule has 0 aliphatic rings. The van der Waals surface area contributed by atoms with E-state index in [0.717, 1.165) is 49.7 Å². The lowest BCUT2D eigenvalue weighted by atomic mass is 9.87. The molecular formula is C58H40N2S. The van der Waals surface area contributed by atoms with Gasteiger partial charge in [0.05, 0.1) is 21.6 Å². The van der Waals surface area contributed by atoms with Crippen LogP contribution in [0.15, 0.2) is 206 Å². The van der Waals surface area contributed by atoms with Gasteiger partial charge in [0.1, 0.15) is 5.01 Å². The van der Waals surface area contributed by atoms with Crippen LogP contribution in [-0.4, -0.2) is 9.97 Å². The summed E-state index contributed by atoms with van der Waals surface area (Å²) >= 11 is 1.79. The average Bonchev–Trinajstić information content (AvgIpc) is 3.76. The molecule has 0 atom stereocenters. The molecule has 0 spiro atoms. The van der Waals surface area contributed by atoms with Gasteiger partial charge in [-0.05, 0) is 117 Å². The molecule has 0 aliphatic carbocycles. The SMILES string of the molecule is Cc1cc(C)cc(-c2nc3cc(-c4cccc(-c5c(-c6cccc(-c7cc(-c8ccccc8)nc(-c8ccccc8)c7)c6)ccc6ccccc56)c4)c4ccccc4c3s2)c1. The van der Waals surface area contributed by atoms with Gasteiger partial charge in [0, 0.05) is 22.1 Å². The molecule has 0 saturated heterocycles. The maximum absolute atomic E-state index is 5.27. The third kappa shape index (κ3) is 6.89. The standard InChI is InChI=1S/C58H40N2S/c1-37-29-38(2)31-47(30-37)58-60-55-36-52(50-25-11-12-26-51(50)57(55)61-58)44-22-14-23-45(33-44)56-48-24-10-9-15-39(48)27-28-49(56)43-21-13-20-42(32-43)46-34-53(40-16-5-3-6-17-40)59-54(35-46)41-18-7-4-8-19-41/h3-36H,1-2H3.